The maximum Gasteiger partial charge on any atom is 0.489 e. The minimum Gasteiger partial charge on any atom is -0.423 e. The van der Waals surface area contributed by atoms with E-state index in [9.17, 15) is 10.0 Å². The second kappa shape index (κ2) is 4.01. The molecule has 0 aliphatic heterocycles. The van der Waals surface area contributed by atoms with Crippen LogP contribution in [0.4, 0.5) is 0 Å². The van der Waals surface area contributed by atoms with Crippen molar-refractivity contribution in [2.75, 3.05) is 0 Å². The van der Waals surface area contributed by atoms with Gasteiger partial charge in [0.2, 0.25) is 0 Å². The van der Waals surface area contributed by atoms with Crippen molar-refractivity contribution in [3.05, 3.63) is 21.1 Å². The zero-order valence-electron chi connectivity index (χ0n) is 6.94. The van der Waals surface area contributed by atoms with Crippen LogP contribution in [0.15, 0.2) is 22.4 Å². The lowest BCUT2D eigenvalue weighted by atomic mass is 9.78. The first kappa shape index (κ1) is 10.8. The van der Waals surface area contributed by atoms with Crippen molar-refractivity contribution >= 4 is 69.2 Å². The van der Waals surface area contributed by atoms with Gasteiger partial charge in [-0.05, 0) is 34.1 Å². The standard InChI is InChI=1S/C8H6BIO2S2/c10-5-2-1-4(9(11)12)7-6(13)3-14-8(5)7/h1-3,11-13H. The lowest BCUT2D eigenvalue weighted by Gasteiger charge is -2.03. The molecule has 0 aliphatic rings. The fourth-order valence-electron chi connectivity index (χ4n) is 1.34. The highest BCUT2D eigenvalue weighted by molar-refractivity contribution is 14.1. The predicted molar refractivity (Wildman–Crippen MR) is 71.6 cm³/mol. The van der Waals surface area contributed by atoms with Crippen molar-refractivity contribution in [1.29, 1.82) is 0 Å². The van der Waals surface area contributed by atoms with Gasteiger partial charge in [-0.3, -0.25) is 0 Å². The van der Waals surface area contributed by atoms with Crippen LogP contribution in [0.25, 0.3) is 10.1 Å². The Balaban J connectivity index is 2.85. The summed E-state index contributed by atoms with van der Waals surface area (Å²) in [5, 5.41) is 21.1. The van der Waals surface area contributed by atoms with Crippen molar-refractivity contribution in [2.45, 2.75) is 4.90 Å². The Morgan fingerprint density at radius 1 is 1.36 bits per heavy atom. The SMILES string of the molecule is OB(O)c1ccc(I)c2scc(S)c12. The molecule has 0 aliphatic carbocycles. The lowest BCUT2D eigenvalue weighted by molar-refractivity contribution is 0.426. The Bertz CT molecular complexity index is 483. The molecule has 14 heavy (non-hydrogen) atoms. The molecule has 2 nitrogen and oxygen atoms in total. The highest BCUT2D eigenvalue weighted by Gasteiger charge is 2.18. The maximum absolute atomic E-state index is 9.18. The molecule has 2 aromatic rings. The fourth-order valence-corrected chi connectivity index (χ4v) is 3.52. The van der Waals surface area contributed by atoms with E-state index in [2.05, 4.69) is 35.2 Å². The molecule has 1 aromatic heterocycles. The summed E-state index contributed by atoms with van der Waals surface area (Å²) in [7, 11) is -1.44. The smallest absolute Gasteiger partial charge is 0.423 e. The average Bonchev–Trinajstić information content (AvgIpc) is 2.50. The summed E-state index contributed by atoms with van der Waals surface area (Å²) in [5.74, 6) is 0. The Kier molecular flexibility index (Phi) is 3.08. The Morgan fingerprint density at radius 2 is 2.07 bits per heavy atom. The molecule has 0 unspecified atom stereocenters. The molecule has 6 heteroatoms. The number of thiophene rings is 1. The van der Waals surface area contributed by atoms with Crippen LogP contribution in [0.5, 0.6) is 0 Å². The topological polar surface area (TPSA) is 40.5 Å². The first-order valence-electron chi connectivity index (χ1n) is 3.86. The third-order valence-corrected chi connectivity index (χ3v) is 4.77. The summed E-state index contributed by atoms with van der Waals surface area (Å²) in [6.07, 6.45) is 0. The molecule has 72 valence electrons. The zero-order chi connectivity index (χ0) is 10.3. The predicted octanol–water partition coefficient (Wildman–Crippen LogP) is 1.47. The molecule has 0 amide bonds. The fraction of sp³-hybridized carbons (Fsp3) is 0. The van der Waals surface area contributed by atoms with Crippen LogP contribution in [0.2, 0.25) is 0 Å². The minimum absolute atomic E-state index is 0.520. The van der Waals surface area contributed by atoms with Crippen molar-refractivity contribution < 1.29 is 10.0 Å². The summed E-state index contributed by atoms with van der Waals surface area (Å²) in [4.78, 5) is 0.798. The Hall–Kier alpha value is 0.245. The molecular weight excluding hydrogens is 330 g/mol. The molecule has 0 saturated heterocycles. The number of hydrogen-bond donors (Lipinski definition) is 3. The van der Waals surface area contributed by atoms with Gasteiger partial charge in [0.1, 0.15) is 0 Å². The van der Waals surface area contributed by atoms with Crippen LogP contribution in [-0.4, -0.2) is 17.2 Å². The van der Waals surface area contributed by atoms with Gasteiger partial charge >= 0.3 is 7.12 Å². The normalized spacial score (nSPS) is 10.9. The summed E-state index contributed by atoms with van der Waals surface area (Å²) in [6.45, 7) is 0. The average molecular weight is 336 g/mol. The molecule has 0 spiro atoms. The molecular formula is C8H6BIO2S2. The van der Waals surface area contributed by atoms with Crippen molar-refractivity contribution in [3.8, 4) is 0 Å². The molecule has 1 aromatic carbocycles. The highest BCUT2D eigenvalue weighted by atomic mass is 127. The van der Waals surface area contributed by atoms with Crippen LogP contribution in [0.1, 0.15) is 0 Å². The number of fused-ring (bicyclic) bond motifs is 1. The van der Waals surface area contributed by atoms with Gasteiger partial charge in [-0.1, -0.05) is 6.07 Å². The second-order valence-electron chi connectivity index (χ2n) is 2.84. The first-order chi connectivity index (χ1) is 6.61. The Morgan fingerprint density at radius 3 is 2.71 bits per heavy atom. The molecule has 0 fully saturated rings. The Labute approximate surface area is 105 Å². The van der Waals surface area contributed by atoms with E-state index in [1.807, 2.05) is 11.4 Å². The number of benzene rings is 1. The number of halogens is 1. The first-order valence-corrected chi connectivity index (χ1v) is 6.26. The van der Waals surface area contributed by atoms with E-state index in [1.54, 1.807) is 17.4 Å². The van der Waals surface area contributed by atoms with Crippen molar-refractivity contribution in [1.82, 2.24) is 0 Å². The van der Waals surface area contributed by atoms with Gasteiger partial charge in [-0.25, -0.2) is 0 Å². The molecule has 0 saturated carbocycles. The highest BCUT2D eigenvalue weighted by Crippen LogP contribution is 2.30. The number of hydrogen-bond acceptors (Lipinski definition) is 4. The van der Waals surface area contributed by atoms with E-state index >= 15 is 0 Å². The van der Waals surface area contributed by atoms with E-state index in [4.69, 9.17) is 0 Å². The van der Waals surface area contributed by atoms with Gasteiger partial charge < -0.3 is 10.0 Å². The summed E-state index contributed by atoms with van der Waals surface area (Å²) in [5.41, 5.74) is 0.520. The minimum atomic E-state index is -1.44. The van der Waals surface area contributed by atoms with Gasteiger partial charge in [0.15, 0.2) is 0 Å². The summed E-state index contributed by atoms with van der Waals surface area (Å²) in [6, 6.07) is 3.60. The molecule has 1 heterocycles. The van der Waals surface area contributed by atoms with Crippen LogP contribution < -0.4 is 5.46 Å². The largest absolute Gasteiger partial charge is 0.489 e. The van der Waals surface area contributed by atoms with Gasteiger partial charge in [-0.2, -0.15) is 0 Å². The van der Waals surface area contributed by atoms with Crippen LogP contribution in [-0.2, 0) is 0 Å². The van der Waals surface area contributed by atoms with E-state index in [-0.39, 0.29) is 0 Å². The molecule has 2 N–H and O–H groups in total. The van der Waals surface area contributed by atoms with E-state index in [0.717, 1.165) is 18.6 Å². The van der Waals surface area contributed by atoms with Crippen LogP contribution in [0, 0.1) is 3.57 Å². The summed E-state index contributed by atoms with van der Waals surface area (Å²) < 4.78 is 2.16. The third kappa shape index (κ3) is 1.69. The van der Waals surface area contributed by atoms with Crippen LogP contribution >= 0.6 is 46.6 Å². The molecule has 0 bridgehead atoms. The second-order valence-corrected chi connectivity index (χ2v) is 5.36. The van der Waals surface area contributed by atoms with Gasteiger partial charge in [0, 0.05) is 23.9 Å². The monoisotopic (exact) mass is 336 g/mol. The van der Waals surface area contributed by atoms with E-state index in [0.29, 0.717) is 5.46 Å². The third-order valence-electron chi connectivity index (χ3n) is 1.96. The van der Waals surface area contributed by atoms with Gasteiger partial charge in [-0.15, -0.1) is 24.0 Å². The van der Waals surface area contributed by atoms with E-state index in [1.165, 1.54) is 0 Å². The molecule has 0 atom stereocenters. The van der Waals surface area contributed by atoms with Gasteiger partial charge in [0.05, 0.1) is 0 Å². The maximum atomic E-state index is 9.18. The van der Waals surface area contributed by atoms with Gasteiger partial charge in [0.25, 0.3) is 0 Å². The zero-order valence-corrected chi connectivity index (χ0v) is 10.8. The van der Waals surface area contributed by atoms with Crippen LogP contribution in [0.3, 0.4) is 0 Å². The van der Waals surface area contributed by atoms with Crippen molar-refractivity contribution in [2.24, 2.45) is 0 Å². The van der Waals surface area contributed by atoms with Crippen molar-refractivity contribution in [3.63, 3.8) is 0 Å². The number of rotatable bonds is 1. The summed E-state index contributed by atoms with van der Waals surface area (Å²) >= 11 is 8.09. The molecule has 0 radical (unpaired) electrons. The molecule has 2 rings (SSSR count). The quantitative estimate of drug-likeness (QED) is 0.419. The lowest BCUT2D eigenvalue weighted by Crippen LogP contribution is -2.30. The number of thiol groups is 1. The van der Waals surface area contributed by atoms with E-state index < -0.39 is 7.12 Å².